The van der Waals surface area contributed by atoms with Gasteiger partial charge in [0.25, 0.3) is 11.8 Å². The van der Waals surface area contributed by atoms with Crippen molar-refractivity contribution in [3.63, 3.8) is 0 Å². The number of imide groups is 2. The van der Waals surface area contributed by atoms with Crippen LogP contribution < -0.4 is 10.2 Å². The molecule has 1 saturated heterocycles. The second kappa shape index (κ2) is 8.02. The number of carbonyl (C=O) groups is 3. The monoisotopic (exact) mass is 414 g/mol. The summed E-state index contributed by atoms with van der Waals surface area (Å²) in [6.45, 7) is 5.87. The van der Waals surface area contributed by atoms with Gasteiger partial charge in [-0.15, -0.1) is 0 Å². The predicted octanol–water partition coefficient (Wildman–Crippen LogP) is 3.72. The number of aromatic nitrogens is 2. The van der Waals surface area contributed by atoms with Gasteiger partial charge in [-0.25, -0.2) is 9.69 Å². The molecule has 1 aliphatic heterocycles. The fourth-order valence-corrected chi connectivity index (χ4v) is 3.75. The van der Waals surface area contributed by atoms with E-state index >= 15 is 0 Å². The third-order valence-electron chi connectivity index (χ3n) is 5.38. The molecule has 0 atom stereocenters. The van der Waals surface area contributed by atoms with Crippen LogP contribution in [-0.4, -0.2) is 27.4 Å². The summed E-state index contributed by atoms with van der Waals surface area (Å²) in [7, 11) is 0. The summed E-state index contributed by atoms with van der Waals surface area (Å²) in [5, 5.41) is 2.27. The lowest BCUT2D eigenvalue weighted by atomic mass is 10.1. The molecule has 4 rings (SSSR count). The first kappa shape index (κ1) is 20.3. The Kier molecular flexibility index (Phi) is 5.25. The summed E-state index contributed by atoms with van der Waals surface area (Å²) >= 11 is 0. The van der Waals surface area contributed by atoms with Crippen LogP contribution in [0.3, 0.4) is 0 Å². The zero-order valence-electron chi connectivity index (χ0n) is 17.5. The van der Waals surface area contributed by atoms with Crippen LogP contribution in [0.2, 0.25) is 0 Å². The van der Waals surface area contributed by atoms with Crippen LogP contribution in [0.25, 0.3) is 11.8 Å². The Hall–Kier alpha value is -4.00. The van der Waals surface area contributed by atoms with Crippen molar-refractivity contribution < 1.29 is 14.4 Å². The Morgan fingerprint density at radius 2 is 1.77 bits per heavy atom. The number of aryl methyl sites for hydroxylation is 2. The minimum Gasteiger partial charge on any atom is -0.316 e. The number of barbiturate groups is 1. The molecule has 156 valence electrons. The number of rotatable bonds is 4. The van der Waals surface area contributed by atoms with E-state index < -0.39 is 17.8 Å². The molecule has 0 saturated carbocycles. The Morgan fingerprint density at radius 1 is 1.03 bits per heavy atom. The SMILES string of the molecule is CCc1ccc(N2C(=O)NC(=O)C(=Cc3cc(C)n(-c4cccnc4)c3C)C2=O)cc1. The fraction of sp³-hybridized carbons (Fsp3) is 0.167. The lowest BCUT2D eigenvalue weighted by Gasteiger charge is -2.26. The number of anilines is 1. The average Bonchev–Trinajstić information content (AvgIpc) is 3.05. The van der Waals surface area contributed by atoms with E-state index in [9.17, 15) is 14.4 Å². The van der Waals surface area contributed by atoms with Crippen LogP contribution in [0.15, 0.2) is 60.4 Å². The Bertz CT molecular complexity index is 1210. The van der Waals surface area contributed by atoms with Crippen molar-refractivity contribution in [2.45, 2.75) is 27.2 Å². The lowest BCUT2D eigenvalue weighted by molar-refractivity contribution is -0.122. The van der Waals surface area contributed by atoms with Crippen molar-refractivity contribution in [1.82, 2.24) is 14.9 Å². The molecule has 0 spiro atoms. The highest BCUT2D eigenvalue weighted by Crippen LogP contribution is 2.26. The molecular formula is C24H22N4O3. The standard InChI is InChI=1S/C24H22N4O3/c1-4-17-7-9-19(10-8-17)28-23(30)21(22(29)26-24(28)31)13-18-12-15(2)27(16(18)3)20-6-5-11-25-14-20/h5-14H,4H2,1-3H3,(H,26,29,31). The normalized spacial score (nSPS) is 15.5. The van der Waals surface area contributed by atoms with Crippen molar-refractivity contribution in [2.24, 2.45) is 0 Å². The largest absolute Gasteiger partial charge is 0.335 e. The number of urea groups is 1. The van der Waals surface area contributed by atoms with E-state index in [4.69, 9.17) is 0 Å². The first-order valence-corrected chi connectivity index (χ1v) is 10.0. The summed E-state index contributed by atoms with van der Waals surface area (Å²) in [5.41, 5.74) is 4.80. The van der Waals surface area contributed by atoms with Gasteiger partial charge in [-0.2, -0.15) is 0 Å². The van der Waals surface area contributed by atoms with Crippen molar-refractivity contribution in [3.8, 4) is 5.69 Å². The number of hydrogen-bond acceptors (Lipinski definition) is 4. The predicted molar refractivity (Wildman–Crippen MR) is 118 cm³/mol. The minimum atomic E-state index is -0.753. The number of nitrogens with one attached hydrogen (secondary N) is 1. The van der Waals surface area contributed by atoms with Gasteiger partial charge in [0.15, 0.2) is 0 Å². The minimum absolute atomic E-state index is 0.0920. The van der Waals surface area contributed by atoms with E-state index in [1.165, 1.54) is 6.08 Å². The van der Waals surface area contributed by atoms with Gasteiger partial charge in [0, 0.05) is 17.6 Å². The number of benzene rings is 1. The molecule has 1 aliphatic rings. The summed E-state index contributed by atoms with van der Waals surface area (Å²) in [6, 6.07) is 12.1. The number of nitrogens with zero attached hydrogens (tertiary/aromatic N) is 3. The smallest absolute Gasteiger partial charge is 0.316 e. The van der Waals surface area contributed by atoms with E-state index in [1.54, 1.807) is 24.5 Å². The quantitative estimate of drug-likeness (QED) is 0.521. The molecule has 0 bridgehead atoms. The zero-order chi connectivity index (χ0) is 22.1. The molecule has 3 heterocycles. The second-order valence-corrected chi connectivity index (χ2v) is 7.35. The van der Waals surface area contributed by atoms with Gasteiger partial charge < -0.3 is 4.57 Å². The summed E-state index contributed by atoms with van der Waals surface area (Å²) < 4.78 is 2.00. The Balaban J connectivity index is 1.74. The molecule has 31 heavy (non-hydrogen) atoms. The summed E-state index contributed by atoms with van der Waals surface area (Å²) in [5.74, 6) is -1.35. The molecule has 2 aromatic heterocycles. The maximum absolute atomic E-state index is 13.1. The topological polar surface area (TPSA) is 84.3 Å². The maximum Gasteiger partial charge on any atom is 0.335 e. The molecule has 3 aromatic rings. The van der Waals surface area contributed by atoms with Gasteiger partial charge in [0.2, 0.25) is 0 Å². The van der Waals surface area contributed by atoms with E-state index in [-0.39, 0.29) is 5.57 Å². The van der Waals surface area contributed by atoms with Crippen LogP contribution >= 0.6 is 0 Å². The first-order chi connectivity index (χ1) is 14.9. The highest BCUT2D eigenvalue weighted by atomic mass is 16.2. The fourth-order valence-electron chi connectivity index (χ4n) is 3.75. The Labute approximate surface area is 180 Å². The molecular weight excluding hydrogens is 392 g/mol. The first-order valence-electron chi connectivity index (χ1n) is 10.0. The van der Waals surface area contributed by atoms with Gasteiger partial charge in [0.1, 0.15) is 5.57 Å². The number of amides is 4. The molecule has 0 radical (unpaired) electrons. The molecule has 1 aromatic carbocycles. The van der Waals surface area contributed by atoms with Gasteiger partial charge in [0.05, 0.1) is 17.6 Å². The van der Waals surface area contributed by atoms with E-state index in [0.717, 1.165) is 39.5 Å². The highest BCUT2D eigenvalue weighted by Gasteiger charge is 2.37. The summed E-state index contributed by atoms with van der Waals surface area (Å²) in [4.78, 5) is 43.2. The number of carbonyl (C=O) groups excluding carboxylic acids is 3. The van der Waals surface area contributed by atoms with Crippen LogP contribution in [0.4, 0.5) is 10.5 Å². The molecule has 7 heteroatoms. The molecule has 0 aliphatic carbocycles. The third-order valence-corrected chi connectivity index (χ3v) is 5.38. The van der Waals surface area contributed by atoms with Crippen molar-refractivity contribution in [1.29, 1.82) is 0 Å². The van der Waals surface area contributed by atoms with Gasteiger partial charge in [-0.1, -0.05) is 19.1 Å². The number of hydrogen-bond donors (Lipinski definition) is 1. The van der Waals surface area contributed by atoms with Crippen molar-refractivity contribution >= 4 is 29.6 Å². The van der Waals surface area contributed by atoms with Gasteiger partial charge >= 0.3 is 6.03 Å². The summed E-state index contributed by atoms with van der Waals surface area (Å²) in [6.07, 6.45) is 5.82. The van der Waals surface area contributed by atoms with E-state index in [0.29, 0.717) is 5.69 Å². The van der Waals surface area contributed by atoms with Crippen molar-refractivity contribution in [2.75, 3.05) is 4.90 Å². The van der Waals surface area contributed by atoms with Crippen LogP contribution in [0.5, 0.6) is 0 Å². The van der Waals surface area contributed by atoms with E-state index in [2.05, 4.69) is 10.3 Å². The van der Waals surface area contributed by atoms with Crippen LogP contribution in [0, 0.1) is 13.8 Å². The molecule has 7 nitrogen and oxygen atoms in total. The van der Waals surface area contributed by atoms with Crippen LogP contribution in [-0.2, 0) is 16.0 Å². The Morgan fingerprint density at radius 3 is 2.42 bits per heavy atom. The molecule has 0 unspecified atom stereocenters. The maximum atomic E-state index is 13.1. The van der Waals surface area contributed by atoms with Gasteiger partial charge in [-0.3, -0.25) is 19.9 Å². The highest BCUT2D eigenvalue weighted by molar-refractivity contribution is 6.39. The zero-order valence-corrected chi connectivity index (χ0v) is 17.5. The molecule has 1 fully saturated rings. The molecule has 4 amide bonds. The molecule has 1 N–H and O–H groups in total. The second-order valence-electron chi connectivity index (χ2n) is 7.35. The lowest BCUT2D eigenvalue weighted by Crippen LogP contribution is -2.54. The van der Waals surface area contributed by atoms with Gasteiger partial charge in [-0.05, 0) is 67.8 Å². The van der Waals surface area contributed by atoms with E-state index in [1.807, 2.05) is 55.7 Å². The van der Waals surface area contributed by atoms with Crippen LogP contribution in [0.1, 0.15) is 29.4 Å². The average molecular weight is 414 g/mol. The number of pyridine rings is 1. The van der Waals surface area contributed by atoms with Crippen molar-refractivity contribution in [3.05, 3.63) is 82.9 Å². The third kappa shape index (κ3) is 3.66.